The monoisotopic (exact) mass is 395 g/mol. The molecule has 2 amide bonds. The predicted octanol–water partition coefficient (Wildman–Crippen LogP) is 2.92. The maximum absolute atomic E-state index is 12.1. The van der Waals surface area contributed by atoms with Gasteiger partial charge in [-0.05, 0) is 68.6 Å². The highest BCUT2D eigenvalue weighted by molar-refractivity contribution is 7.99. The smallest absolute Gasteiger partial charge is 0.313 e. The van der Waals surface area contributed by atoms with Crippen molar-refractivity contribution in [3.05, 3.63) is 28.8 Å². The Balaban J connectivity index is 1.41. The number of benzene rings is 1. The molecule has 0 saturated carbocycles. The number of aryl methyl sites for hydroxylation is 1. The number of piperidine rings is 1. The van der Waals surface area contributed by atoms with Crippen LogP contribution >= 0.6 is 23.4 Å². The molecule has 5 nitrogen and oxygen atoms in total. The first-order valence-corrected chi connectivity index (χ1v) is 10.7. The number of likely N-dealkylation sites (tertiary alicyclic amines) is 1. The first-order valence-electron chi connectivity index (χ1n) is 9.20. The van der Waals surface area contributed by atoms with Crippen molar-refractivity contribution >= 4 is 40.9 Å². The number of nitrogens with one attached hydrogen (secondary N) is 2. The lowest BCUT2D eigenvalue weighted by molar-refractivity contribution is -0.136. The molecule has 1 aromatic carbocycles. The molecule has 0 radical (unpaired) electrons. The van der Waals surface area contributed by atoms with Gasteiger partial charge in [-0.2, -0.15) is 11.8 Å². The molecule has 7 heteroatoms. The zero-order valence-corrected chi connectivity index (χ0v) is 16.7. The van der Waals surface area contributed by atoms with E-state index in [0.29, 0.717) is 23.2 Å². The van der Waals surface area contributed by atoms with Gasteiger partial charge >= 0.3 is 11.8 Å². The van der Waals surface area contributed by atoms with Crippen LogP contribution in [0, 0.1) is 12.8 Å². The first-order chi connectivity index (χ1) is 12.5. The van der Waals surface area contributed by atoms with Gasteiger partial charge < -0.3 is 10.6 Å². The van der Waals surface area contributed by atoms with Crippen LogP contribution in [0.2, 0.25) is 5.02 Å². The molecule has 0 spiro atoms. The van der Waals surface area contributed by atoms with E-state index < -0.39 is 11.8 Å². The minimum absolute atomic E-state index is 0.449. The van der Waals surface area contributed by atoms with Crippen LogP contribution in [0.25, 0.3) is 0 Å². The fourth-order valence-electron chi connectivity index (χ4n) is 3.56. The van der Waals surface area contributed by atoms with Crippen molar-refractivity contribution in [3.8, 4) is 0 Å². The third-order valence-corrected chi connectivity index (χ3v) is 6.66. The van der Waals surface area contributed by atoms with Gasteiger partial charge in [0.25, 0.3) is 0 Å². The van der Waals surface area contributed by atoms with Crippen molar-refractivity contribution in [1.29, 1.82) is 0 Å². The van der Waals surface area contributed by atoms with Gasteiger partial charge in [0.2, 0.25) is 0 Å². The van der Waals surface area contributed by atoms with Gasteiger partial charge in [-0.1, -0.05) is 17.7 Å². The number of halogens is 1. The lowest BCUT2D eigenvalue weighted by Gasteiger charge is -2.35. The van der Waals surface area contributed by atoms with Crippen LogP contribution in [-0.4, -0.2) is 53.9 Å². The standard InChI is InChI=1S/C19H26ClN3O2S/c1-13-2-3-15(20)10-17(13)22-19(25)18(24)21-11-14-4-7-23(8-5-14)16-6-9-26-12-16/h2-3,10,14,16H,4-9,11-12H2,1H3,(H,21,24)(H,22,25). The van der Waals surface area contributed by atoms with Gasteiger partial charge in [-0.3, -0.25) is 14.5 Å². The quantitative estimate of drug-likeness (QED) is 0.769. The van der Waals surface area contributed by atoms with E-state index in [9.17, 15) is 9.59 Å². The number of thioether (sulfide) groups is 1. The summed E-state index contributed by atoms with van der Waals surface area (Å²) >= 11 is 7.99. The summed E-state index contributed by atoms with van der Waals surface area (Å²) in [4.78, 5) is 26.8. The molecule has 1 aromatic rings. The van der Waals surface area contributed by atoms with Crippen LogP contribution in [0.5, 0.6) is 0 Å². The summed E-state index contributed by atoms with van der Waals surface area (Å²) in [6, 6.07) is 5.96. The van der Waals surface area contributed by atoms with Crippen molar-refractivity contribution in [1.82, 2.24) is 10.2 Å². The van der Waals surface area contributed by atoms with Gasteiger partial charge in [0, 0.05) is 29.0 Å². The Bertz CT molecular complexity index is 656. The third-order valence-electron chi connectivity index (χ3n) is 5.28. The van der Waals surface area contributed by atoms with E-state index in [2.05, 4.69) is 15.5 Å². The molecule has 2 aliphatic heterocycles. The lowest BCUT2D eigenvalue weighted by Crippen LogP contribution is -2.45. The zero-order valence-electron chi connectivity index (χ0n) is 15.1. The lowest BCUT2D eigenvalue weighted by atomic mass is 9.95. The maximum Gasteiger partial charge on any atom is 0.313 e. The highest BCUT2D eigenvalue weighted by Gasteiger charge is 2.27. The average Bonchev–Trinajstić information content (AvgIpc) is 3.18. The van der Waals surface area contributed by atoms with Crippen molar-refractivity contribution in [3.63, 3.8) is 0 Å². The second kappa shape index (κ2) is 9.11. The van der Waals surface area contributed by atoms with Crippen LogP contribution in [0.3, 0.4) is 0 Å². The van der Waals surface area contributed by atoms with E-state index in [0.717, 1.165) is 37.5 Å². The molecule has 0 bridgehead atoms. The minimum Gasteiger partial charge on any atom is -0.348 e. The third kappa shape index (κ3) is 5.15. The highest BCUT2D eigenvalue weighted by atomic mass is 35.5. The second-order valence-corrected chi connectivity index (χ2v) is 8.71. The number of anilines is 1. The molecule has 2 heterocycles. The predicted molar refractivity (Wildman–Crippen MR) is 108 cm³/mol. The van der Waals surface area contributed by atoms with Crippen molar-refractivity contribution in [2.24, 2.45) is 5.92 Å². The fourth-order valence-corrected chi connectivity index (χ4v) is 4.98. The molecule has 142 valence electrons. The number of carbonyl (C=O) groups excluding carboxylic acids is 2. The van der Waals surface area contributed by atoms with Crippen molar-refractivity contribution < 1.29 is 9.59 Å². The average molecular weight is 396 g/mol. The summed E-state index contributed by atoms with van der Waals surface area (Å²) in [7, 11) is 0. The summed E-state index contributed by atoms with van der Waals surface area (Å²) in [5.41, 5.74) is 1.44. The Labute approximate surface area is 164 Å². The van der Waals surface area contributed by atoms with Crippen LogP contribution in [0.4, 0.5) is 5.69 Å². The van der Waals surface area contributed by atoms with Crippen LogP contribution in [0.1, 0.15) is 24.8 Å². The van der Waals surface area contributed by atoms with E-state index in [1.807, 2.05) is 24.8 Å². The van der Waals surface area contributed by atoms with Gasteiger partial charge in [-0.15, -0.1) is 0 Å². The van der Waals surface area contributed by atoms with E-state index in [1.165, 1.54) is 17.9 Å². The Morgan fingerprint density at radius 2 is 2.00 bits per heavy atom. The summed E-state index contributed by atoms with van der Waals surface area (Å²) in [6.07, 6.45) is 3.46. The summed E-state index contributed by atoms with van der Waals surface area (Å²) in [5, 5.41) is 5.95. The Kier molecular flexibility index (Phi) is 6.84. The normalized spacial score (nSPS) is 21.5. The van der Waals surface area contributed by atoms with E-state index >= 15 is 0 Å². The topological polar surface area (TPSA) is 61.4 Å². The van der Waals surface area contributed by atoms with Crippen molar-refractivity contribution in [2.45, 2.75) is 32.2 Å². The number of hydrogen-bond donors (Lipinski definition) is 2. The van der Waals surface area contributed by atoms with Gasteiger partial charge in [0.15, 0.2) is 0 Å². The molecule has 1 unspecified atom stereocenters. The van der Waals surface area contributed by atoms with Gasteiger partial charge in [-0.25, -0.2) is 0 Å². The molecule has 26 heavy (non-hydrogen) atoms. The Hall–Kier alpha value is -1.24. The molecule has 2 aliphatic rings. The van der Waals surface area contributed by atoms with Crippen LogP contribution in [-0.2, 0) is 9.59 Å². The maximum atomic E-state index is 12.1. The molecule has 2 fully saturated rings. The number of rotatable bonds is 4. The summed E-state index contributed by atoms with van der Waals surface area (Å²) in [5.74, 6) is 1.76. The number of carbonyl (C=O) groups is 2. The van der Waals surface area contributed by atoms with E-state index in [-0.39, 0.29) is 0 Å². The molecular weight excluding hydrogens is 370 g/mol. The zero-order chi connectivity index (χ0) is 18.5. The number of nitrogens with zero attached hydrogens (tertiary/aromatic N) is 1. The largest absolute Gasteiger partial charge is 0.348 e. The molecule has 3 rings (SSSR count). The summed E-state index contributed by atoms with van der Waals surface area (Å²) < 4.78 is 0. The van der Waals surface area contributed by atoms with Crippen LogP contribution in [0.15, 0.2) is 18.2 Å². The molecule has 0 aliphatic carbocycles. The van der Waals surface area contributed by atoms with Gasteiger partial charge in [0.1, 0.15) is 0 Å². The van der Waals surface area contributed by atoms with E-state index in [1.54, 1.807) is 12.1 Å². The molecular formula is C19H26ClN3O2S. The minimum atomic E-state index is -0.643. The van der Waals surface area contributed by atoms with Crippen LogP contribution < -0.4 is 10.6 Å². The number of amides is 2. The Morgan fingerprint density at radius 1 is 1.23 bits per heavy atom. The SMILES string of the molecule is Cc1ccc(Cl)cc1NC(=O)C(=O)NCC1CCN(C2CCSC2)CC1. The molecule has 1 atom stereocenters. The van der Waals surface area contributed by atoms with Crippen molar-refractivity contribution in [2.75, 3.05) is 36.5 Å². The van der Waals surface area contributed by atoms with Gasteiger partial charge in [0.05, 0.1) is 0 Å². The summed E-state index contributed by atoms with van der Waals surface area (Å²) in [6.45, 7) is 4.62. The van der Waals surface area contributed by atoms with E-state index in [4.69, 9.17) is 11.6 Å². The molecule has 2 N–H and O–H groups in total. The second-order valence-electron chi connectivity index (χ2n) is 7.12. The first kappa shape index (κ1) is 19.5. The Morgan fingerprint density at radius 3 is 2.69 bits per heavy atom. The highest BCUT2D eigenvalue weighted by Crippen LogP contribution is 2.26. The molecule has 0 aromatic heterocycles. The number of hydrogen-bond acceptors (Lipinski definition) is 4. The molecule has 2 saturated heterocycles. The fraction of sp³-hybridized carbons (Fsp3) is 0.579.